The average molecular weight is 251 g/mol. The van der Waals surface area contributed by atoms with Crippen molar-refractivity contribution in [3.05, 3.63) is 18.0 Å². The second-order valence-corrected chi connectivity index (χ2v) is 5.83. The zero-order valence-electron chi connectivity index (χ0n) is 11.5. The van der Waals surface area contributed by atoms with Gasteiger partial charge < -0.3 is 10.4 Å². The summed E-state index contributed by atoms with van der Waals surface area (Å²) in [4.78, 5) is 0. The van der Waals surface area contributed by atoms with E-state index >= 15 is 0 Å². The summed E-state index contributed by atoms with van der Waals surface area (Å²) >= 11 is 0. The van der Waals surface area contributed by atoms with Gasteiger partial charge >= 0.3 is 0 Å². The first-order valence-electron chi connectivity index (χ1n) is 7.03. The summed E-state index contributed by atoms with van der Waals surface area (Å²) in [5.74, 6) is 1.67. The fourth-order valence-electron chi connectivity index (χ4n) is 3.10. The molecule has 0 spiro atoms. The molecule has 1 aliphatic carbocycles. The van der Waals surface area contributed by atoms with Crippen LogP contribution in [0, 0.1) is 11.8 Å². The van der Waals surface area contributed by atoms with E-state index in [-0.39, 0.29) is 6.61 Å². The summed E-state index contributed by atoms with van der Waals surface area (Å²) < 4.78 is 1.79. The first-order chi connectivity index (χ1) is 8.67. The minimum Gasteiger partial charge on any atom is -0.394 e. The van der Waals surface area contributed by atoms with Crippen molar-refractivity contribution in [2.45, 2.75) is 52.2 Å². The zero-order chi connectivity index (χ0) is 13.0. The molecule has 0 aliphatic heterocycles. The van der Waals surface area contributed by atoms with Gasteiger partial charge in [-0.15, -0.1) is 0 Å². The van der Waals surface area contributed by atoms with E-state index in [4.69, 9.17) is 5.11 Å². The predicted octanol–water partition coefficient (Wildman–Crippen LogP) is 1.79. The van der Waals surface area contributed by atoms with Gasteiger partial charge in [-0.05, 0) is 31.1 Å². The Labute approximate surface area is 109 Å². The summed E-state index contributed by atoms with van der Waals surface area (Å²) in [6.45, 7) is 6.31. The summed E-state index contributed by atoms with van der Waals surface area (Å²) in [5, 5.41) is 16.7. The van der Waals surface area contributed by atoms with Crippen LogP contribution in [0.15, 0.2) is 12.4 Å². The standard InChI is InChI=1S/C14H25N3O/c1-11-5-12(2)7-14(6-11)15-8-13-9-16-17(10-13)3-4-18/h9-12,14-15,18H,3-8H2,1-2H3. The Morgan fingerprint density at radius 3 is 2.72 bits per heavy atom. The summed E-state index contributed by atoms with van der Waals surface area (Å²) in [7, 11) is 0. The molecule has 2 N–H and O–H groups in total. The molecule has 0 saturated heterocycles. The maximum Gasteiger partial charge on any atom is 0.0640 e. The average Bonchev–Trinajstić information content (AvgIpc) is 2.74. The van der Waals surface area contributed by atoms with Gasteiger partial charge in [0.2, 0.25) is 0 Å². The number of aromatic nitrogens is 2. The summed E-state index contributed by atoms with van der Waals surface area (Å²) in [6, 6.07) is 0.643. The van der Waals surface area contributed by atoms with Crippen molar-refractivity contribution in [1.82, 2.24) is 15.1 Å². The van der Waals surface area contributed by atoms with Crippen molar-refractivity contribution in [3.8, 4) is 0 Å². The molecule has 0 radical (unpaired) electrons. The van der Waals surface area contributed by atoms with E-state index in [0.717, 1.165) is 18.4 Å². The quantitative estimate of drug-likeness (QED) is 0.839. The number of hydrogen-bond donors (Lipinski definition) is 2. The lowest BCUT2D eigenvalue weighted by molar-refractivity contribution is 0.238. The highest BCUT2D eigenvalue weighted by atomic mass is 16.3. The molecule has 2 rings (SSSR count). The maximum atomic E-state index is 8.84. The smallest absolute Gasteiger partial charge is 0.0640 e. The van der Waals surface area contributed by atoms with E-state index in [9.17, 15) is 0 Å². The Balaban J connectivity index is 1.79. The van der Waals surface area contributed by atoms with Gasteiger partial charge in [-0.3, -0.25) is 4.68 Å². The van der Waals surface area contributed by atoms with Gasteiger partial charge in [0.05, 0.1) is 19.3 Å². The van der Waals surface area contributed by atoms with Crippen molar-refractivity contribution in [3.63, 3.8) is 0 Å². The fourth-order valence-corrected chi connectivity index (χ4v) is 3.10. The van der Waals surface area contributed by atoms with Crippen molar-refractivity contribution in [2.75, 3.05) is 6.61 Å². The molecule has 1 aliphatic rings. The van der Waals surface area contributed by atoms with Crippen molar-refractivity contribution in [2.24, 2.45) is 11.8 Å². The fraction of sp³-hybridized carbons (Fsp3) is 0.786. The molecule has 1 saturated carbocycles. The largest absolute Gasteiger partial charge is 0.394 e. The molecule has 1 aromatic rings. The second-order valence-electron chi connectivity index (χ2n) is 5.83. The number of hydrogen-bond acceptors (Lipinski definition) is 3. The molecule has 18 heavy (non-hydrogen) atoms. The predicted molar refractivity (Wildman–Crippen MR) is 72.1 cm³/mol. The number of aliphatic hydroxyl groups excluding tert-OH is 1. The number of nitrogens with zero attached hydrogens (tertiary/aromatic N) is 2. The van der Waals surface area contributed by atoms with Gasteiger partial charge in [0.15, 0.2) is 0 Å². The van der Waals surface area contributed by atoms with Crippen LogP contribution in [0.4, 0.5) is 0 Å². The van der Waals surface area contributed by atoms with Gasteiger partial charge in [-0.1, -0.05) is 13.8 Å². The van der Waals surface area contributed by atoms with Crippen molar-refractivity contribution >= 4 is 0 Å². The molecule has 2 atom stereocenters. The number of rotatable bonds is 5. The van der Waals surface area contributed by atoms with Crippen LogP contribution < -0.4 is 5.32 Å². The van der Waals surface area contributed by atoms with Gasteiger partial charge in [-0.2, -0.15) is 5.10 Å². The van der Waals surface area contributed by atoms with E-state index in [0.29, 0.717) is 12.6 Å². The SMILES string of the molecule is CC1CC(C)CC(NCc2cnn(CCO)c2)C1. The maximum absolute atomic E-state index is 8.84. The summed E-state index contributed by atoms with van der Waals surface area (Å²) in [5.41, 5.74) is 1.20. The minimum atomic E-state index is 0.145. The van der Waals surface area contributed by atoms with Gasteiger partial charge in [0, 0.05) is 24.3 Å². The molecule has 4 heteroatoms. The van der Waals surface area contributed by atoms with E-state index in [2.05, 4.69) is 24.3 Å². The highest BCUT2D eigenvalue weighted by Crippen LogP contribution is 2.28. The molecule has 0 aromatic carbocycles. The van der Waals surface area contributed by atoms with E-state index in [1.165, 1.54) is 24.8 Å². The van der Waals surface area contributed by atoms with Crippen LogP contribution in [-0.2, 0) is 13.1 Å². The minimum absolute atomic E-state index is 0.145. The van der Waals surface area contributed by atoms with E-state index in [1.54, 1.807) is 4.68 Å². The van der Waals surface area contributed by atoms with Crippen LogP contribution in [0.3, 0.4) is 0 Å². The van der Waals surface area contributed by atoms with Crippen LogP contribution in [0.5, 0.6) is 0 Å². The lowest BCUT2D eigenvalue weighted by Crippen LogP contribution is -2.35. The Bertz CT molecular complexity index is 354. The summed E-state index contributed by atoms with van der Waals surface area (Å²) in [6.07, 6.45) is 7.84. The molecule has 102 valence electrons. The molecule has 1 heterocycles. The van der Waals surface area contributed by atoms with E-state index < -0.39 is 0 Å². The molecule has 4 nitrogen and oxygen atoms in total. The number of nitrogens with one attached hydrogen (secondary N) is 1. The first-order valence-corrected chi connectivity index (χ1v) is 7.03. The molecule has 2 unspecified atom stereocenters. The highest BCUT2D eigenvalue weighted by molar-refractivity contribution is 5.03. The van der Waals surface area contributed by atoms with Crippen molar-refractivity contribution in [1.29, 1.82) is 0 Å². The van der Waals surface area contributed by atoms with Gasteiger partial charge in [-0.25, -0.2) is 0 Å². The van der Waals surface area contributed by atoms with Crippen LogP contribution in [-0.4, -0.2) is 27.5 Å². The normalized spacial score (nSPS) is 28.5. The third-order valence-electron chi connectivity index (χ3n) is 3.79. The second kappa shape index (κ2) is 6.34. The zero-order valence-corrected chi connectivity index (χ0v) is 11.5. The Kier molecular flexibility index (Phi) is 4.78. The van der Waals surface area contributed by atoms with Crippen LogP contribution in [0.2, 0.25) is 0 Å². The molecule has 0 amide bonds. The molecule has 1 fully saturated rings. The lowest BCUT2D eigenvalue weighted by Gasteiger charge is -2.32. The first kappa shape index (κ1) is 13.6. The Morgan fingerprint density at radius 2 is 2.06 bits per heavy atom. The monoisotopic (exact) mass is 251 g/mol. The van der Waals surface area contributed by atoms with Crippen LogP contribution in [0.25, 0.3) is 0 Å². The van der Waals surface area contributed by atoms with Gasteiger partial charge in [0.1, 0.15) is 0 Å². The topological polar surface area (TPSA) is 50.1 Å². The third-order valence-corrected chi connectivity index (χ3v) is 3.79. The van der Waals surface area contributed by atoms with Crippen LogP contribution >= 0.6 is 0 Å². The Hall–Kier alpha value is -0.870. The van der Waals surface area contributed by atoms with Crippen molar-refractivity contribution < 1.29 is 5.11 Å². The third kappa shape index (κ3) is 3.82. The van der Waals surface area contributed by atoms with Gasteiger partial charge in [0.25, 0.3) is 0 Å². The lowest BCUT2D eigenvalue weighted by atomic mass is 9.80. The molecular formula is C14H25N3O. The van der Waals surface area contributed by atoms with E-state index in [1.807, 2.05) is 12.4 Å². The van der Waals surface area contributed by atoms with Crippen LogP contribution in [0.1, 0.15) is 38.7 Å². The molecule has 0 bridgehead atoms. The number of aliphatic hydroxyl groups is 1. The molecule has 1 aromatic heterocycles. The Morgan fingerprint density at radius 1 is 1.33 bits per heavy atom. The highest BCUT2D eigenvalue weighted by Gasteiger charge is 2.23. The molecular weight excluding hydrogens is 226 g/mol.